The van der Waals surface area contributed by atoms with Crippen molar-refractivity contribution in [3.8, 4) is 0 Å². The summed E-state index contributed by atoms with van der Waals surface area (Å²) < 4.78 is 0. The van der Waals surface area contributed by atoms with E-state index in [4.69, 9.17) is 5.11 Å². The highest BCUT2D eigenvalue weighted by Gasteiger charge is 2.11. The molecule has 0 bridgehead atoms. The molecule has 0 aromatic heterocycles. The molecule has 0 aromatic rings. The Morgan fingerprint density at radius 3 is 1.14 bits per heavy atom. The second kappa shape index (κ2) is 22.1. The fourth-order valence-corrected chi connectivity index (χ4v) is 3.99. The Bertz CT molecular complexity index is 343. The maximum Gasteiger partial charge on any atom is 0.332 e. The number of hydrogen-bond acceptors (Lipinski definition) is 2. The molecule has 0 heterocycles. The van der Waals surface area contributed by atoms with Crippen LogP contribution in [0.25, 0.3) is 0 Å². The Balaban J connectivity index is 3.07. The first-order chi connectivity index (χ1) is 14.1. The molecule has 0 saturated heterocycles. The number of hydrogen-bond donors (Lipinski definition) is 2. The molecule has 3 heteroatoms. The molecule has 0 spiro atoms. The van der Waals surface area contributed by atoms with E-state index in [0.717, 1.165) is 18.8 Å². The molecule has 0 aliphatic carbocycles. The average molecular weight is 413 g/mol. The van der Waals surface area contributed by atoms with Gasteiger partial charge in [-0.2, -0.15) is 0 Å². The summed E-state index contributed by atoms with van der Waals surface area (Å²) in [6.45, 7) is 4.68. The fraction of sp³-hybridized carbons (Fsp3) is 0.962. The molecule has 0 rings (SSSR count). The predicted molar refractivity (Wildman–Crippen MR) is 125 cm³/mol. The Morgan fingerprint density at radius 2 is 0.862 bits per heavy atom. The van der Waals surface area contributed by atoms with E-state index < -0.39 is 12.1 Å². The van der Waals surface area contributed by atoms with Gasteiger partial charge in [0.15, 0.2) is 6.10 Å². The molecule has 2 N–H and O–H groups in total. The molecule has 3 nitrogen and oxygen atoms in total. The van der Waals surface area contributed by atoms with Crippen LogP contribution in [-0.2, 0) is 4.79 Å². The summed E-state index contributed by atoms with van der Waals surface area (Å²) in [4.78, 5) is 10.5. The van der Waals surface area contributed by atoms with Gasteiger partial charge < -0.3 is 10.2 Å². The minimum Gasteiger partial charge on any atom is -0.479 e. The van der Waals surface area contributed by atoms with Gasteiger partial charge in [-0.3, -0.25) is 0 Å². The van der Waals surface area contributed by atoms with Gasteiger partial charge in [-0.15, -0.1) is 0 Å². The first-order valence-electron chi connectivity index (χ1n) is 13.0. The number of rotatable bonds is 23. The predicted octanol–water partition coefficient (Wildman–Crippen LogP) is 8.28. The van der Waals surface area contributed by atoms with E-state index in [1.807, 2.05) is 0 Å². The van der Waals surface area contributed by atoms with E-state index in [2.05, 4.69) is 13.8 Å². The quantitative estimate of drug-likeness (QED) is 0.166. The summed E-state index contributed by atoms with van der Waals surface area (Å²) in [5, 5.41) is 17.8. The fourth-order valence-electron chi connectivity index (χ4n) is 3.99. The molecule has 0 aliphatic rings. The molecule has 2 atom stereocenters. The Hall–Kier alpha value is -0.570. The lowest BCUT2D eigenvalue weighted by Gasteiger charge is -2.07. The zero-order valence-corrected chi connectivity index (χ0v) is 19.8. The number of carboxylic acids is 1. The van der Waals surface area contributed by atoms with Crippen LogP contribution in [0.3, 0.4) is 0 Å². The van der Waals surface area contributed by atoms with E-state index in [1.54, 1.807) is 0 Å². The lowest BCUT2D eigenvalue weighted by molar-refractivity contribution is -0.146. The third-order valence-corrected chi connectivity index (χ3v) is 6.41. The smallest absolute Gasteiger partial charge is 0.332 e. The second-order valence-electron chi connectivity index (χ2n) is 9.31. The van der Waals surface area contributed by atoms with Crippen LogP contribution in [0.1, 0.15) is 149 Å². The number of aliphatic hydroxyl groups is 1. The maximum atomic E-state index is 10.5. The van der Waals surface area contributed by atoms with Gasteiger partial charge in [-0.05, 0) is 12.3 Å². The summed E-state index contributed by atoms with van der Waals surface area (Å²) in [7, 11) is 0. The molecular weight excluding hydrogens is 360 g/mol. The topological polar surface area (TPSA) is 57.5 Å². The minimum absolute atomic E-state index is 0.397. The summed E-state index contributed by atoms with van der Waals surface area (Å²) in [5.41, 5.74) is 0. The van der Waals surface area contributed by atoms with Crippen molar-refractivity contribution in [1.29, 1.82) is 0 Å². The van der Waals surface area contributed by atoms with Crippen LogP contribution in [0, 0.1) is 5.92 Å². The maximum absolute atomic E-state index is 10.5. The standard InChI is InChI=1S/C26H52O3/c1-3-24(2)22-20-18-16-14-12-10-8-6-4-5-7-9-11-13-15-17-19-21-23-25(27)26(28)29/h24-25,27H,3-23H2,1-2H3,(H,28,29)/t24-,25+/m0/s1. The van der Waals surface area contributed by atoms with Crippen LogP contribution < -0.4 is 0 Å². The molecular formula is C26H52O3. The van der Waals surface area contributed by atoms with Gasteiger partial charge in [-0.25, -0.2) is 4.79 Å². The van der Waals surface area contributed by atoms with Crippen molar-refractivity contribution in [1.82, 2.24) is 0 Å². The van der Waals surface area contributed by atoms with Crippen molar-refractivity contribution >= 4 is 5.97 Å². The van der Waals surface area contributed by atoms with Gasteiger partial charge in [0.05, 0.1) is 0 Å². The van der Waals surface area contributed by atoms with Crippen molar-refractivity contribution in [3.05, 3.63) is 0 Å². The normalized spacial score (nSPS) is 13.5. The number of aliphatic hydroxyl groups excluding tert-OH is 1. The minimum atomic E-state index is -1.17. The number of carbonyl (C=O) groups is 1. The summed E-state index contributed by atoms with van der Waals surface area (Å²) in [6, 6.07) is 0. The highest BCUT2D eigenvalue weighted by Crippen LogP contribution is 2.16. The van der Waals surface area contributed by atoms with Crippen molar-refractivity contribution in [2.24, 2.45) is 5.92 Å². The highest BCUT2D eigenvalue weighted by atomic mass is 16.4. The third kappa shape index (κ3) is 21.9. The second-order valence-corrected chi connectivity index (χ2v) is 9.31. The molecule has 0 amide bonds. The van der Waals surface area contributed by atoms with Crippen molar-refractivity contribution in [2.75, 3.05) is 0 Å². The number of carboxylic acid groups (broad SMARTS) is 1. The summed E-state index contributed by atoms with van der Waals surface area (Å²) >= 11 is 0. The van der Waals surface area contributed by atoms with Gasteiger partial charge in [0.1, 0.15) is 0 Å². The van der Waals surface area contributed by atoms with E-state index in [0.29, 0.717) is 6.42 Å². The average Bonchev–Trinajstić information content (AvgIpc) is 2.71. The van der Waals surface area contributed by atoms with E-state index >= 15 is 0 Å². The van der Waals surface area contributed by atoms with Crippen LogP contribution in [-0.4, -0.2) is 22.3 Å². The van der Waals surface area contributed by atoms with Crippen molar-refractivity contribution in [3.63, 3.8) is 0 Å². The Morgan fingerprint density at radius 1 is 0.586 bits per heavy atom. The first-order valence-corrected chi connectivity index (χ1v) is 13.0. The molecule has 0 aromatic carbocycles. The van der Waals surface area contributed by atoms with Crippen molar-refractivity contribution in [2.45, 2.75) is 155 Å². The van der Waals surface area contributed by atoms with Gasteiger partial charge in [0, 0.05) is 0 Å². The lowest BCUT2D eigenvalue weighted by Crippen LogP contribution is -2.18. The number of aliphatic carboxylic acids is 1. The third-order valence-electron chi connectivity index (χ3n) is 6.41. The van der Waals surface area contributed by atoms with Gasteiger partial charge in [-0.1, -0.05) is 142 Å². The Kier molecular flexibility index (Phi) is 21.7. The SMILES string of the molecule is CC[C@H](C)CCCCCCCCCCCCCCCCCCCC[C@@H](O)C(=O)O. The molecule has 0 unspecified atom stereocenters. The molecule has 29 heavy (non-hydrogen) atoms. The van der Waals surface area contributed by atoms with Crippen LogP contribution >= 0.6 is 0 Å². The monoisotopic (exact) mass is 412 g/mol. The molecule has 0 aliphatic heterocycles. The van der Waals surface area contributed by atoms with Crippen LogP contribution in [0.2, 0.25) is 0 Å². The van der Waals surface area contributed by atoms with Gasteiger partial charge in [0.2, 0.25) is 0 Å². The largest absolute Gasteiger partial charge is 0.479 e. The van der Waals surface area contributed by atoms with Crippen molar-refractivity contribution < 1.29 is 15.0 Å². The first kappa shape index (κ1) is 28.4. The Labute approximate surface area is 182 Å². The summed E-state index contributed by atoms with van der Waals surface area (Å²) in [5.74, 6) is -0.166. The lowest BCUT2D eigenvalue weighted by atomic mass is 9.99. The summed E-state index contributed by atoms with van der Waals surface area (Å²) in [6.07, 6.45) is 26.0. The molecule has 0 saturated carbocycles. The zero-order chi connectivity index (χ0) is 21.6. The highest BCUT2D eigenvalue weighted by molar-refractivity contribution is 5.71. The molecule has 0 fully saturated rings. The molecule has 0 radical (unpaired) electrons. The van der Waals surface area contributed by atoms with Crippen LogP contribution in [0.15, 0.2) is 0 Å². The van der Waals surface area contributed by atoms with E-state index in [9.17, 15) is 9.90 Å². The van der Waals surface area contributed by atoms with E-state index in [-0.39, 0.29) is 0 Å². The van der Waals surface area contributed by atoms with Gasteiger partial charge >= 0.3 is 5.97 Å². The van der Waals surface area contributed by atoms with Crippen LogP contribution in [0.4, 0.5) is 0 Å². The zero-order valence-electron chi connectivity index (χ0n) is 19.8. The molecule has 174 valence electrons. The van der Waals surface area contributed by atoms with E-state index in [1.165, 1.54) is 116 Å². The van der Waals surface area contributed by atoms with Gasteiger partial charge in [0.25, 0.3) is 0 Å². The van der Waals surface area contributed by atoms with Crippen LogP contribution in [0.5, 0.6) is 0 Å². The number of unbranched alkanes of at least 4 members (excludes halogenated alkanes) is 17.